The molecule has 0 amide bonds. The average Bonchev–Trinajstić information content (AvgIpc) is 2.80. The molecule has 0 spiro atoms. The Labute approximate surface area is 170 Å². The van der Waals surface area contributed by atoms with Crippen LogP contribution in [-0.4, -0.2) is 50.4 Å². The number of hydrogen-bond donors (Lipinski definition) is 1. The minimum atomic E-state index is 0.556. The molecule has 1 N–H and O–H groups in total. The van der Waals surface area contributed by atoms with Gasteiger partial charge in [-0.05, 0) is 30.3 Å². The highest BCUT2D eigenvalue weighted by molar-refractivity contribution is 5.60. The van der Waals surface area contributed by atoms with E-state index in [9.17, 15) is 0 Å². The predicted molar refractivity (Wildman–Crippen MR) is 116 cm³/mol. The van der Waals surface area contributed by atoms with Crippen LogP contribution in [-0.2, 0) is 0 Å². The maximum absolute atomic E-state index is 5.36. The minimum absolute atomic E-state index is 0.556. The lowest BCUT2D eigenvalue weighted by Gasteiger charge is -2.36. The molecule has 0 unspecified atom stereocenters. The quantitative estimate of drug-likeness (QED) is 0.689. The van der Waals surface area contributed by atoms with Gasteiger partial charge in [0.25, 0.3) is 0 Å². The summed E-state index contributed by atoms with van der Waals surface area (Å²) in [5, 5.41) is 3.25. The van der Waals surface area contributed by atoms with Gasteiger partial charge in [0, 0.05) is 49.8 Å². The lowest BCUT2D eigenvalue weighted by molar-refractivity contribution is 0.355. The molecule has 150 valence electrons. The van der Waals surface area contributed by atoms with Crippen LogP contribution in [0.2, 0.25) is 0 Å². The monoisotopic (exact) mass is 391 g/mol. The van der Waals surface area contributed by atoms with E-state index in [1.807, 2.05) is 30.3 Å². The van der Waals surface area contributed by atoms with E-state index in [2.05, 4.69) is 44.4 Å². The lowest BCUT2D eigenvalue weighted by atomic mass is 10.2. The van der Waals surface area contributed by atoms with Crippen molar-refractivity contribution in [1.82, 2.24) is 9.97 Å². The third-order valence-electron chi connectivity index (χ3n) is 5.01. The highest BCUT2D eigenvalue weighted by Gasteiger charge is 2.18. The van der Waals surface area contributed by atoms with E-state index in [1.165, 1.54) is 5.69 Å². The Morgan fingerprint density at radius 1 is 0.828 bits per heavy atom. The molecule has 0 bridgehead atoms. The van der Waals surface area contributed by atoms with E-state index < -0.39 is 0 Å². The number of nitrogens with zero attached hydrogens (tertiary/aromatic N) is 4. The van der Waals surface area contributed by atoms with E-state index >= 15 is 0 Å². The number of rotatable bonds is 6. The van der Waals surface area contributed by atoms with Crippen LogP contribution in [0.3, 0.4) is 0 Å². The Balaban J connectivity index is 1.43. The van der Waals surface area contributed by atoms with E-state index in [1.54, 1.807) is 20.4 Å². The summed E-state index contributed by atoms with van der Waals surface area (Å²) in [4.78, 5) is 13.8. The number of ether oxygens (including phenoxy) is 2. The Hall–Kier alpha value is -3.48. The van der Waals surface area contributed by atoms with Gasteiger partial charge in [0.15, 0.2) is 11.5 Å². The zero-order valence-corrected chi connectivity index (χ0v) is 16.7. The molecule has 1 aliphatic rings. The molecule has 7 nitrogen and oxygen atoms in total. The maximum Gasteiger partial charge on any atom is 0.229 e. The average molecular weight is 391 g/mol. The second-order valence-electron chi connectivity index (χ2n) is 6.74. The molecule has 3 aromatic rings. The third-order valence-corrected chi connectivity index (χ3v) is 5.01. The molecule has 1 fully saturated rings. The van der Waals surface area contributed by atoms with Crippen LogP contribution in [0.5, 0.6) is 11.5 Å². The van der Waals surface area contributed by atoms with Gasteiger partial charge in [-0.2, -0.15) is 4.98 Å². The van der Waals surface area contributed by atoms with Gasteiger partial charge >= 0.3 is 0 Å². The lowest BCUT2D eigenvalue weighted by Crippen LogP contribution is -2.46. The number of aromatic nitrogens is 2. The molecule has 7 heteroatoms. The van der Waals surface area contributed by atoms with E-state index in [0.29, 0.717) is 17.4 Å². The fraction of sp³-hybridized carbons (Fsp3) is 0.273. The molecule has 2 aromatic carbocycles. The summed E-state index contributed by atoms with van der Waals surface area (Å²) in [6, 6.07) is 18.1. The van der Waals surface area contributed by atoms with Crippen LogP contribution in [0, 0.1) is 0 Å². The number of methoxy groups -OCH3 is 2. The van der Waals surface area contributed by atoms with Crippen LogP contribution in [0.1, 0.15) is 0 Å². The first-order chi connectivity index (χ1) is 14.3. The van der Waals surface area contributed by atoms with Crippen LogP contribution in [0.25, 0.3) is 0 Å². The molecule has 29 heavy (non-hydrogen) atoms. The fourth-order valence-electron chi connectivity index (χ4n) is 3.46. The Morgan fingerprint density at radius 3 is 2.28 bits per heavy atom. The first-order valence-electron chi connectivity index (χ1n) is 9.64. The van der Waals surface area contributed by atoms with Crippen LogP contribution in [0.15, 0.2) is 60.8 Å². The second-order valence-corrected chi connectivity index (χ2v) is 6.74. The molecule has 0 atom stereocenters. The molecular weight excluding hydrogens is 366 g/mol. The van der Waals surface area contributed by atoms with Crippen molar-refractivity contribution in [2.45, 2.75) is 0 Å². The maximum atomic E-state index is 5.36. The van der Waals surface area contributed by atoms with E-state index in [-0.39, 0.29) is 0 Å². The Kier molecular flexibility index (Phi) is 5.65. The summed E-state index contributed by atoms with van der Waals surface area (Å²) in [7, 11) is 3.24. The van der Waals surface area contributed by atoms with Crippen molar-refractivity contribution in [3.05, 3.63) is 60.8 Å². The van der Waals surface area contributed by atoms with Crippen molar-refractivity contribution >= 4 is 23.1 Å². The molecule has 0 aliphatic carbocycles. The molecule has 0 radical (unpaired) electrons. The van der Waals surface area contributed by atoms with Crippen molar-refractivity contribution in [2.75, 3.05) is 55.5 Å². The molecule has 2 heterocycles. The van der Waals surface area contributed by atoms with Gasteiger partial charge in [-0.3, -0.25) is 0 Å². The van der Waals surface area contributed by atoms with Gasteiger partial charge < -0.3 is 24.6 Å². The highest BCUT2D eigenvalue weighted by Crippen LogP contribution is 2.30. The number of benzene rings is 2. The predicted octanol–water partition coefficient (Wildman–Crippen LogP) is 3.56. The number of nitrogens with one attached hydrogen (secondary N) is 1. The number of para-hydroxylation sites is 1. The van der Waals surface area contributed by atoms with Crippen molar-refractivity contribution in [1.29, 1.82) is 0 Å². The topological polar surface area (TPSA) is 62.8 Å². The zero-order valence-electron chi connectivity index (χ0n) is 16.7. The third kappa shape index (κ3) is 4.34. The summed E-state index contributed by atoms with van der Waals surface area (Å²) in [6.45, 7) is 3.77. The molecule has 1 aliphatic heterocycles. The fourth-order valence-corrected chi connectivity index (χ4v) is 3.46. The minimum Gasteiger partial charge on any atom is -0.493 e. The standard InChI is InChI=1S/C22H25N5O2/c1-28-19-9-8-17(16-20(19)29-2)24-22-23-11-10-21(25-22)27-14-12-26(13-15-27)18-6-4-3-5-7-18/h3-11,16H,12-15H2,1-2H3,(H,23,24,25). The van der Waals surface area contributed by atoms with Gasteiger partial charge in [-0.1, -0.05) is 18.2 Å². The van der Waals surface area contributed by atoms with Gasteiger partial charge in [0.05, 0.1) is 14.2 Å². The molecule has 0 saturated carbocycles. The Bertz CT molecular complexity index is 943. The molecule has 4 rings (SSSR count). The summed E-state index contributed by atoms with van der Waals surface area (Å²) in [5.74, 6) is 2.82. The van der Waals surface area contributed by atoms with Gasteiger partial charge in [-0.15, -0.1) is 0 Å². The normalized spacial score (nSPS) is 13.9. The van der Waals surface area contributed by atoms with Crippen LogP contribution >= 0.6 is 0 Å². The summed E-state index contributed by atoms with van der Waals surface area (Å²) in [5.41, 5.74) is 2.11. The number of anilines is 4. The zero-order chi connectivity index (χ0) is 20.1. The summed E-state index contributed by atoms with van der Waals surface area (Å²) >= 11 is 0. The summed E-state index contributed by atoms with van der Waals surface area (Å²) in [6.07, 6.45) is 1.79. The first-order valence-corrected chi connectivity index (χ1v) is 9.64. The smallest absolute Gasteiger partial charge is 0.229 e. The van der Waals surface area contributed by atoms with Gasteiger partial charge in [0.2, 0.25) is 5.95 Å². The van der Waals surface area contributed by atoms with E-state index in [4.69, 9.17) is 14.5 Å². The first kappa shape index (κ1) is 18.9. The van der Waals surface area contributed by atoms with Gasteiger partial charge in [-0.25, -0.2) is 4.98 Å². The van der Waals surface area contributed by atoms with E-state index in [0.717, 1.165) is 37.7 Å². The molecule has 1 saturated heterocycles. The van der Waals surface area contributed by atoms with Crippen molar-refractivity contribution < 1.29 is 9.47 Å². The van der Waals surface area contributed by atoms with Crippen LogP contribution in [0.4, 0.5) is 23.1 Å². The molecule has 1 aromatic heterocycles. The van der Waals surface area contributed by atoms with Crippen molar-refractivity contribution in [3.63, 3.8) is 0 Å². The number of piperazine rings is 1. The van der Waals surface area contributed by atoms with Gasteiger partial charge in [0.1, 0.15) is 5.82 Å². The van der Waals surface area contributed by atoms with Crippen molar-refractivity contribution in [3.8, 4) is 11.5 Å². The largest absolute Gasteiger partial charge is 0.493 e. The molecular formula is C22H25N5O2. The second kappa shape index (κ2) is 8.68. The number of hydrogen-bond acceptors (Lipinski definition) is 7. The van der Waals surface area contributed by atoms with Crippen molar-refractivity contribution in [2.24, 2.45) is 0 Å². The highest BCUT2D eigenvalue weighted by atomic mass is 16.5. The summed E-state index contributed by atoms with van der Waals surface area (Å²) < 4.78 is 10.6. The Morgan fingerprint density at radius 2 is 1.55 bits per heavy atom. The van der Waals surface area contributed by atoms with Crippen LogP contribution < -0.4 is 24.6 Å². The SMILES string of the molecule is COc1ccc(Nc2nccc(N3CCN(c4ccccc4)CC3)n2)cc1OC.